The quantitative estimate of drug-likeness (QED) is 0.217. The Morgan fingerprint density at radius 3 is 1.82 bits per heavy atom. The lowest BCUT2D eigenvalue weighted by Crippen LogP contribution is -2.21. The van der Waals surface area contributed by atoms with Gasteiger partial charge in [0.25, 0.3) is 0 Å². The van der Waals surface area contributed by atoms with Gasteiger partial charge < -0.3 is 9.13 Å². The monoisotopic (exact) mass is 514 g/mol. The highest BCUT2D eigenvalue weighted by atomic mass is 15.0. The SMILES string of the molecule is CC(C)(C)n1c2ccccc2c2cc(-c3ccc4c(c3)c3c5ccccc5ccc3n4-c3ccccc3)ccc21. The summed E-state index contributed by atoms with van der Waals surface area (Å²) in [6.45, 7) is 6.86. The number of fused-ring (bicyclic) bond motifs is 8. The van der Waals surface area contributed by atoms with Crippen LogP contribution >= 0.6 is 0 Å². The van der Waals surface area contributed by atoms with Gasteiger partial charge in [0.2, 0.25) is 0 Å². The van der Waals surface area contributed by atoms with E-state index in [0.717, 1.165) is 0 Å². The fourth-order valence-electron chi connectivity index (χ4n) is 6.70. The summed E-state index contributed by atoms with van der Waals surface area (Å²) in [6.07, 6.45) is 0. The Bertz CT molecular complexity index is 2240. The van der Waals surface area contributed by atoms with Crippen LogP contribution in [0.15, 0.2) is 127 Å². The molecule has 2 nitrogen and oxygen atoms in total. The van der Waals surface area contributed by atoms with Crippen molar-refractivity contribution in [2.75, 3.05) is 0 Å². The second-order valence-corrected chi connectivity index (χ2v) is 11.8. The standard InChI is InChI=1S/C38H30N2/c1-38(2,3)40-34-16-10-9-15-30(34)31-23-26(19-21-35(31)40)27-18-20-33-32(24-27)37-29-14-8-7-11-25(29)17-22-36(37)39(33)28-12-5-4-6-13-28/h4-24H,1-3H3. The molecular formula is C38H30N2. The van der Waals surface area contributed by atoms with Crippen molar-refractivity contribution in [1.29, 1.82) is 0 Å². The molecular weight excluding hydrogens is 484 g/mol. The van der Waals surface area contributed by atoms with Gasteiger partial charge in [0.15, 0.2) is 0 Å². The Hall–Kier alpha value is -4.82. The number of hydrogen-bond acceptors (Lipinski definition) is 0. The van der Waals surface area contributed by atoms with Crippen molar-refractivity contribution in [2.45, 2.75) is 26.3 Å². The number of nitrogens with zero attached hydrogens (tertiary/aromatic N) is 2. The third-order valence-corrected chi connectivity index (χ3v) is 8.35. The zero-order valence-corrected chi connectivity index (χ0v) is 23.0. The van der Waals surface area contributed by atoms with E-state index in [4.69, 9.17) is 0 Å². The van der Waals surface area contributed by atoms with E-state index in [0.29, 0.717) is 0 Å². The van der Waals surface area contributed by atoms with Gasteiger partial charge in [-0.05, 0) is 91.2 Å². The summed E-state index contributed by atoms with van der Waals surface area (Å²) in [5.41, 5.74) is 8.69. The molecule has 0 N–H and O–H groups in total. The van der Waals surface area contributed by atoms with Crippen molar-refractivity contribution < 1.29 is 0 Å². The van der Waals surface area contributed by atoms with Crippen LogP contribution < -0.4 is 0 Å². The third kappa shape index (κ3) is 3.29. The maximum absolute atomic E-state index is 2.48. The lowest BCUT2D eigenvalue weighted by atomic mass is 9.99. The van der Waals surface area contributed by atoms with E-state index in [9.17, 15) is 0 Å². The number of rotatable bonds is 2. The van der Waals surface area contributed by atoms with Crippen LogP contribution in [0.3, 0.4) is 0 Å². The van der Waals surface area contributed by atoms with E-state index in [1.165, 1.54) is 71.2 Å². The summed E-state index contributed by atoms with van der Waals surface area (Å²) in [7, 11) is 0. The van der Waals surface area contributed by atoms with Crippen LogP contribution in [0.4, 0.5) is 0 Å². The molecule has 0 saturated heterocycles. The molecule has 2 aromatic heterocycles. The van der Waals surface area contributed by atoms with E-state index in [-0.39, 0.29) is 5.54 Å². The van der Waals surface area contributed by atoms with E-state index in [2.05, 4.69) is 157 Å². The molecule has 0 aliphatic heterocycles. The van der Waals surface area contributed by atoms with Gasteiger partial charge in [-0.2, -0.15) is 0 Å². The smallest absolute Gasteiger partial charge is 0.0547 e. The molecule has 8 aromatic rings. The second kappa shape index (κ2) is 8.34. The predicted octanol–water partition coefficient (Wildman–Crippen LogP) is 10.5. The molecule has 0 fully saturated rings. The molecule has 192 valence electrons. The van der Waals surface area contributed by atoms with Gasteiger partial charge in [0, 0.05) is 43.8 Å². The van der Waals surface area contributed by atoms with Crippen molar-refractivity contribution >= 4 is 54.4 Å². The summed E-state index contributed by atoms with van der Waals surface area (Å²) >= 11 is 0. The van der Waals surface area contributed by atoms with E-state index in [1.807, 2.05) is 0 Å². The molecule has 0 spiro atoms. The molecule has 0 radical (unpaired) electrons. The van der Waals surface area contributed by atoms with Crippen LogP contribution in [-0.4, -0.2) is 9.13 Å². The van der Waals surface area contributed by atoms with Gasteiger partial charge in [0.1, 0.15) is 0 Å². The van der Waals surface area contributed by atoms with Gasteiger partial charge in [-0.3, -0.25) is 0 Å². The fraction of sp³-hybridized carbons (Fsp3) is 0.105. The molecule has 0 bridgehead atoms. The van der Waals surface area contributed by atoms with Crippen molar-refractivity contribution in [3.8, 4) is 16.8 Å². The minimum atomic E-state index is -0.0118. The number of aromatic nitrogens is 2. The highest BCUT2D eigenvalue weighted by molar-refractivity contribution is 6.22. The molecule has 8 rings (SSSR count). The Morgan fingerprint density at radius 1 is 0.450 bits per heavy atom. The van der Waals surface area contributed by atoms with Crippen LogP contribution in [0.5, 0.6) is 0 Å². The molecule has 2 heteroatoms. The molecule has 0 unspecified atom stereocenters. The van der Waals surface area contributed by atoms with Crippen molar-refractivity contribution in [3.05, 3.63) is 127 Å². The highest BCUT2D eigenvalue weighted by Gasteiger charge is 2.21. The maximum atomic E-state index is 2.48. The lowest BCUT2D eigenvalue weighted by Gasteiger charge is -2.24. The van der Waals surface area contributed by atoms with Gasteiger partial charge in [-0.25, -0.2) is 0 Å². The molecule has 2 heterocycles. The Kier molecular flexibility index (Phi) is 4.82. The topological polar surface area (TPSA) is 9.86 Å². The minimum absolute atomic E-state index is 0.0118. The molecule has 0 amide bonds. The number of benzene rings is 6. The van der Waals surface area contributed by atoms with Crippen molar-refractivity contribution in [3.63, 3.8) is 0 Å². The summed E-state index contributed by atoms with van der Waals surface area (Å²) < 4.78 is 4.88. The van der Waals surface area contributed by atoms with Gasteiger partial charge in [0.05, 0.1) is 11.0 Å². The van der Waals surface area contributed by atoms with E-state index in [1.54, 1.807) is 0 Å². The molecule has 0 aliphatic rings. The average molecular weight is 515 g/mol. The highest BCUT2D eigenvalue weighted by Crippen LogP contribution is 2.40. The molecule has 6 aromatic carbocycles. The van der Waals surface area contributed by atoms with Crippen molar-refractivity contribution in [1.82, 2.24) is 9.13 Å². The predicted molar refractivity (Wildman–Crippen MR) is 172 cm³/mol. The van der Waals surface area contributed by atoms with Gasteiger partial charge in [-0.15, -0.1) is 0 Å². The zero-order valence-electron chi connectivity index (χ0n) is 23.0. The summed E-state index contributed by atoms with van der Waals surface area (Å²) in [4.78, 5) is 0. The first-order valence-electron chi connectivity index (χ1n) is 14.0. The first-order valence-corrected chi connectivity index (χ1v) is 14.0. The normalized spacial score (nSPS) is 12.4. The van der Waals surface area contributed by atoms with Crippen LogP contribution in [0.1, 0.15) is 20.8 Å². The molecule has 0 saturated carbocycles. The van der Waals surface area contributed by atoms with E-state index < -0.39 is 0 Å². The van der Waals surface area contributed by atoms with Gasteiger partial charge in [-0.1, -0.05) is 78.9 Å². The maximum Gasteiger partial charge on any atom is 0.0547 e. The molecule has 40 heavy (non-hydrogen) atoms. The Balaban J connectivity index is 1.43. The van der Waals surface area contributed by atoms with Crippen molar-refractivity contribution in [2.24, 2.45) is 0 Å². The van der Waals surface area contributed by atoms with Crippen LogP contribution in [0.2, 0.25) is 0 Å². The van der Waals surface area contributed by atoms with Crippen LogP contribution in [0, 0.1) is 0 Å². The number of para-hydroxylation sites is 2. The summed E-state index contributed by atoms with van der Waals surface area (Å²) in [5, 5.41) is 7.77. The first-order chi connectivity index (χ1) is 19.5. The first kappa shape index (κ1) is 23.1. The van der Waals surface area contributed by atoms with Crippen LogP contribution in [0.25, 0.3) is 71.2 Å². The summed E-state index contributed by atoms with van der Waals surface area (Å²) in [5.74, 6) is 0. The molecule has 0 atom stereocenters. The fourth-order valence-corrected chi connectivity index (χ4v) is 6.70. The molecule has 0 aliphatic carbocycles. The van der Waals surface area contributed by atoms with Crippen LogP contribution in [-0.2, 0) is 5.54 Å². The second-order valence-electron chi connectivity index (χ2n) is 11.8. The summed E-state index contributed by atoms with van der Waals surface area (Å²) in [6, 6.07) is 46.7. The lowest BCUT2D eigenvalue weighted by molar-refractivity contribution is 0.423. The van der Waals surface area contributed by atoms with E-state index >= 15 is 0 Å². The minimum Gasteiger partial charge on any atom is -0.335 e. The van der Waals surface area contributed by atoms with Gasteiger partial charge >= 0.3 is 0 Å². The average Bonchev–Trinajstić information content (AvgIpc) is 3.50. The zero-order chi connectivity index (χ0) is 27.0. The third-order valence-electron chi connectivity index (χ3n) is 8.35. The Labute approximate surface area is 233 Å². The number of hydrogen-bond donors (Lipinski definition) is 0. The largest absolute Gasteiger partial charge is 0.335 e. The Morgan fingerprint density at radius 2 is 1.05 bits per heavy atom.